The van der Waals surface area contributed by atoms with Crippen LogP contribution in [0.5, 0.6) is 17.2 Å². The molecule has 0 bridgehead atoms. The van der Waals surface area contributed by atoms with Crippen LogP contribution in [0.1, 0.15) is 11.1 Å². The van der Waals surface area contributed by atoms with Crippen LogP contribution in [0, 0.1) is 5.82 Å². The normalized spacial score (nSPS) is 12.3. The third kappa shape index (κ3) is 4.68. The summed E-state index contributed by atoms with van der Waals surface area (Å²) in [4.78, 5) is 16.0. The molecule has 0 atom stereocenters. The summed E-state index contributed by atoms with van der Waals surface area (Å²) in [5.74, 6) is 1.18. The van der Waals surface area contributed by atoms with Gasteiger partial charge < -0.3 is 19.1 Å². The van der Waals surface area contributed by atoms with Crippen molar-refractivity contribution in [1.29, 1.82) is 0 Å². The summed E-state index contributed by atoms with van der Waals surface area (Å²) in [7, 11) is 5.01. The minimum Gasteiger partial charge on any atom is -0.494 e. The molecule has 0 saturated carbocycles. The van der Waals surface area contributed by atoms with Crippen LogP contribution < -0.4 is 14.2 Å². The van der Waals surface area contributed by atoms with Gasteiger partial charge in [0.1, 0.15) is 0 Å². The second kappa shape index (κ2) is 8.26. The first-order valence-electron chi connectivity index (χ1n) is 8.59. The van der Waals surface area contributed by atoms with Crippen LogP contribution in [-0.2, 0) is 17.9 Å². The van der Waals surface area contributed by atoms with E-state index in [2.05, 4.69) is 0 Å². The molecular formula is C20H23FN2O4. The van der Waals surface area contributed by atoms with Gasteiger partial charge in [-0.05, 0) is 42.4 Å². The van der Waals surface area contributed by atoms with Crippen molar-refractivity contribution in [2.24, 2.45) is 0 Å². The third-order valence-corrected chi connectivity index (χ3v) is 4.36. The van der Waals surface area contributed by atoms with Crippen molar-refractivity contribution in [3.63, 3.8) is 0 Å². The van der Waals surface area contributed by atoms with Gasteiger partial charge in [-0.2, -0.15) is 0 Å². The summed E-state index contributed by atoms with van der Waals surface area (Å²) in [6.07, 6.45) is 0. The monoisotopic (exact) mass is 374 g/mol. The molecule has 1 aliphatic rings. The van der Waals surface area contributed by atoms with Crippen LogP contribution in [0.2, 0.25) is 0 Å². The topological polar surface area (TPSA) is 51.2 Å². The number of nitrogens with zero attached hydrogens (tertiary/aromatic N) is 2. The molecular weight excluding hydrogens is 351 g/mol. The van der Waals surface area contributed by atoms with Gasteiger partial charge in [0.15, 0.2) is 23.1 Å². The number of fused-ring (bicyclic) bond motifs is 1. The van der Waals surface area contributed by atoms with Crippen LogP contribution in [-0.4, -0.2) is 50.2 Å². The van der Waals surface area contributed by atoms with E-state index in [9.17, 15) is 9.18 Å². The van der Waals surface area contributed by atoms with Crippen molar-refractivity contribution < 1.29 is 23.4 Å². The maximum Gasteiger partial charge on any atom is 0.236 e. The Hall–Kier alpha value is -2.80. The number of rotatable bonds is 7. The van der Waals surface area contributed by atoms with E-state index in [4.69, 9.17) is 14.2 Å². The number of carbonyl (C=O) groups excluding carboxylic acids is 1. The fourth-order valence-electron chi connectivity index (χ4n) is 2.93. The Kier molecular flexibility index (Phi) is 5.81. The van der Waals surface area contributed by atoms with Crippen LogP contribution in [0.3, 0.4) is 0 Å². The average Bonchev–Trinajstić information content (AvgIpc) is 3.09. The van der Waals surface area contributed by atoms with Crippen molar-refractivity contribution in [3.8, 4) is 17.2 Å². The SMILES string of the molecule is COc1ccc(CN(C)C(=O)CN(C)Cc2ccc3c(c2)OCO3)cc1F. The Bertz CT molecular complexity index is 828. The maximum absolute atomic E-state index is 13.8. The lowest BCUT2D eigenvalue weighted by Gasteiger charge is -2.22. The van der Waals surface area contributed by atoms with Crippen molar-refractivity contribution in [2.75, 3.05) is 34.5 Å². The minimum absolute atomic E-state index is 0.0468. The number of hydrogen-bond acceptors (Lipinski definition) is 5. The summed E-state index contributed by atoms with van der Waals surface area (Å²) in [5.41, 5.74) is 1.75. The zero-order chi connectivity index (χ0) is 19.4. The van der Waals surface area contributed by atoms with E-state index in [0.717, 1.165) is 17.1 Å². The van der Waals surface area contributed by atoms with Gasteiger partial charge >= 0.3 is 0 Å². The Morgan fingerprint density at radius 1 is 1.07 bits per heavy atom. The molecule has 1 aliphatic heterocycles. The van der Waals surface area contributed by atoms with Gasteiger partial charge in [-0.3, -0.25) is 9.69 Å². The van der Waals surface area contributed by atoms with Gasteiger partial charge in [0, 0.05) is 20.1 Å². The predicted molar refractivity (Wildman–Crippen MR) is 98.3 cm³/mol. The zero-order valence-corrected chi connectivity index (χ0v) is 15.7. The summed E-state index contributed by atoms with van der Waals surface area (Å²) in [6, 6.07) is 10.5. The lowest BCUT2D eigenvalue weighted by Crippen LogP contribution is -2.36. The summed E-state index contributed by atoms with van der Waals surface area (Å²) in [5, 5.41) is 0. The fourth-order valence-corrected chi connectivity index (χ4v) is 2.93. The Morgan fingerprint density at radius 2 is 1.78 bits per heavy atom. The molecule has 2 aromatic rings. The van der Waals surface area contributed by atoms with E-state index >= 15 is 0 Å². The van der Waals surface area contributed by atoms with Gasteiger partial charge in [-0.25, -0.2) is 4.39 Å². The smallest absolute Gasteiger partial charge is 0.236 e. The summed E-state index contributed by atoms with van der Waals surface area (Å²) < 4.78 is 29.4. The minimum atomic E-state index is -0.434. The molecule has 7 heteroatoms. The second-order valence-corrected chi connectivity index (χ2v) is 6.58. The lowest BCUT2D eigenvalue weighted by atomic mass is 10.2. The number of methoxy groups -OCH3 is 1. The molecule has 0 saturated heterocycles. The highest BCUT2D eigenvalue weighted by molar-refractivity contribution is 5.78. The molecule has 0 aliphatic carbocycles. The van der Waals surface area contributed by atoms with Crippen LogP contribution in [0.4, 0.5) is 4.39 Å². The maximum atomic E-state index is 13.8. The highest BCUT2D eigenvalue weighted by atomic mass is 19.1. The molecule has 0 unspecified atom stereocenters. The van der Waals surface area contributed by atoms with Crippen molar-refractivity contribution >= 4 is 5.91 Å². The van der Waals surface area contributed by atoms with E-state index in [1.165, 1.54) is 13.2 Å². The van der Waals surface area contributed by atoms with Crippen LogP contribution >= 0.6 is 0 Å². The third-order valence-electron chi connectivity index (χ3n) is 4.36. The molecule has 1 heterocycles. The Labute approximate surface area is 158 Å². The number of hydrogen-bond donors (Lipinski definition) is 0. The number of benzene rings is 2. The summed E-state index contributed by atoms with van der Waals surface area (Å²) >= 11 is 0. The van der Waals surface area contributed by atoms with Crippen molar-refractivity contribution in [2.45, 2.75) is 13.1 Å². The van der Waals surface area contributed by atoms with Crippen LogP contribution in [0.25, 0.3) is 0 Å². The first kappa shape index (κ1) is 19.0. The zero-order valence-electron chi connectivity index (χ0n) is 15.7. The number of halogens is 1. The van der Waals surface area contributed by atoms with E-state index in [1.807, 2.05) is 30.1 Å². The molecule has 144 valence electrons. The predicted octanol–water partition coefficient (Wildman–Crippen LogP) is 2.65. The second-order valence-electron chi connectivity index (χ2n) is 6.58. The van der Waals surface area contributed by atoms with Gasteiger partial charge in [0.2, 0.25) is 12.7 Å². The van der Waals surface area contributed by atoms with E-state index in [-0.39, 0.29) is 25.0 Å². The standard InChI is InChI=1S/C20H23FN2O4/c1-22(10-15-5-7-18-19(9-15)27-13-26-18)12-20(24)23(2)11-14-4-6-17(25-3)16(21)8-14/h4-9H,10-13H2,1-3H3. The largest absolute Gasteiger partial charge is 0.494 e. The number of likely N-dealkylation sites (N-methyl/N-ethyl adjacent to an activating group) is 2. The number of carbonyl (C=O) groups is 1. The Morgan fingerprint density at radius 3 is 2.52 bits per heavy atom. The van der Waals surface area contributed by atoms with Crippen LogP contribution in [0.15, 0.2) is 36.4 Å². The first-order chi connectivity index (χ1) is 13.0. The molecule has 27 heavy (non-hydrogen) atoms. The van der Waals surface area contributed by atoms with Gasteiger partial charge in [-0.1, -0.05) is 12.1 Å². The van der Waals surface area contributed by atoms with Gasteiger partial charge in [0.05, 0.1) is 13.7 Å². The molecule has 0 fully saturated rings. The molecule has 0 aromatic heterocycles. The number of ether oxygens (including phenoxy) is 3. The molecule has 2 aromatic carbocycles. The number of amides is 1. The first-order valence-corrected chi connectivity index (χ1v) is 8.59. The highest BCUT2D eigenvalue weighted by Gasteiger charge is 2.16. The fraction of sp³-hybridized carbons (Fsp3) is 0.350. The Balaban J connectivity index is 1.53. The van der Waals surface area contributed by atoms with E-state index in [1.54, 1.807) is 24.1 Å². The molecule has 0 radical (unpaired) electrons. The van der Waals surface area contributed by atoms with Crippen molar-refractivity contribution in [1.82, 2.24) is 9.80 Å². The van der Waals surface area contributed by atoms with Gasteiger partial charge in [0.25, 0.3) is 0 Å². The quantitative estimate of drug-likeness (QED) is 0.746. The molecule has 6 nitrogen and oxygen atoms in total. The molecule has 3 rings (SSSR count). The lowest BCUT2D eigenvalue weighted by molar-refractivity contribution is -0.131. The summed E-state index contributed by atoms with van der Waals surface area (Å²) in [6.45, 7) is 1.43. The highest BCUT2D eigenvalue weighted by Crippen LogP contribution is 2.32. The van der Waals surface area contributed by atoms with Gasteiger partial charge in [-0.15, -0.1) is 0 Å². The molecule has 0 spiro atoms. The van der Waals surface area contributed by atoms with E-state index in [0.29, 0.717) is 18.7 Å². The average molecular weight is 374 g/mol. The molecule has 0 N–H and O–H groups in total. The molecule has 1 amide bonds. The van der Waals surface area contributed by atoms with Crippen molar-refractivity contribution in [3.05, 3.63) is 53.3 Å². The van der Waals surface area contributed by atoms with E-state index < -0.39 is 5.82 Å².